The Kier molecular flexibility index (Phi) is 9.71. The minimum atomic E-state index is -0.651. The van der Waals surface area contributed by atoms with Crippen molar-refractivity contribution in [3.05, 3.63) is 102 Å². The van der Waals surface area contributed by atoms with Gasteiger partial charge in [-0.05, 0) is 89.4 Å². The maximum absolute atomic E-state index is 13.5. The van der Waals surface area contributed by atoms with Crippen molar-refractivity contribution < 1.29 is 18.8 Å². The molecular weight excluding hydrogens is 634 g/mol. The van der Waals surface area contributed by atoms with Crippen molar-refractivity contribution in [2.45, 2.75) is 30.9 Å². The minimum absolute atomic E-state index is 0.196. The van der Waals surface area contributed by atoms with E-state index in [0.717, 1.165) is 5.56 Å². The van der Waals surface area contributed by atoms with Gasteiger partial charge in [0, 0.05) is 10.6 Å². The molecule has 3 aromatic carbocycles. The summed E-state index contributed by atoms with van der Waals surface area (Å²) in [5.74, 6) is 1.06. The van der Waals surface area contributed by atoms with Gasteiger partial charge in [-0.1, -0.05) is 41.0 Å². The second-order valence-electron chi connectivity index (χ2n) is 8.26. The summed E-state index contributed by atoms with van der Waals surface area (Å²) in [5.41, 5.74) is 2.07. The quantitative estimate of drug-likeness (QED) is 0.0922. The first-order valence-electron chi connectivity index (χ1n) is 11.7. The zero-order valence-electron chi connectivity index (χ0n) is 20.7. The van der Waals surface area contributed by atoms with E-state index in [1.54, 1.807) is 54.0 Å². The number of benzene rings is 3. The van der Waals surface area contributed by atoms with Crippen LogP contribution in [-0.4, -0.2) is 32.8 Å². The number of hydrogen-bond donors (Lipinski definition) is 0. The van der Waals surface area contributed by atoms with Gasteiger partial charge in [0.15, 0.2) is 16.7 Å². The average molecular weight is 656 g/mol. The Balaban J connectivity index is 1.66. The molecule has 0 unspecified atom stereocenters. The Hall–Kier alpha value is -2.86. The molecule has 0 aliphatic carbocycles. The summed E-state index contributed by atoms with van der Waals surface area (Å²) in [5, 5.41) is 20.7. The topological polar surface area (TPSA) is 92.3 Å². The van der Waals surface area contributed by atoms with Crippen LogP contribution in [0.4, 0.5) is 4.39 Å². The van der Waals surface area contributed by atoms with Crippen molar-refractivity contribution in [3.8, 4) is 17.2 Å². The summed E-state index contributed by atoms with van der Waals surface area (Å²) >= 11 is 16.9. The maximum atomic E-state index is 13.5. The molecule has 1 atom stereocenters. The summed E-state index contributed by atoms with van der Waals surface area (Å²) in [6.45, 7) is 3.75. The van der Waals surface area contributed by atoms with Crippen molar-refractivity contribution in [2.75, 3.05) is 13.2 Å². The van der Waals surface area contributed by atoms with Gasteiger partial charge >= 0.3 is 0 Å². The highest BCUT2D eigenvalue weighted by molar-refractivity contribution is 9.10. The number of rotatable bonds is 11. The van der Waals surface area contributed by atoms with E-state index in [0.29, 0.717) is 54.9 Å². The molecular formula is C26H22BrCl2FN4O4S. The molecule has 1 heterocycles. The van der Waals surface area contributed by atoms with Crippen molar-refractivity contribution in [1.29, 1.82) is 0 Å². The Labute approximate surface area is 246 Å². The number of ether oxygens (including phenoxy) is 2. The molecule has 0 bridgehead atoms. The third-order valence-corrected chi connectivity index (χ3v) is 8.02. The number of aryl methyl sites for hydroxylation is 1. The fourth-order valence-corrected chi connectivity index (χ4v) is 5.79. The van der Waals surface area contributed by atoms with Crippen molar-refractivity contribution in [2.24, 2.45) is 0 Å². The number of thioether (sulfide) groups is 1. The van der Waals surface area contributed by atoms with Gasteiger partial charge in [0.05, 0.1) is 21.1 Å². The monoisotopic (exact) mass is 654 g/mol. The molecule has 0 aliphatic rings. The Bertz CT molecular complexity index is 1490. The summed E-state index contributed by atoms with van der Waals surface area (Å²) in [7, 11) is 0. The van der Waals surface area contributed by atoms with E-state index in [9.17, 15) is 14.5 Å². The van der Waals surface area contributed by atoms with Gasteiger partial charge in [-0.3, -0.25) is 14.7 Å². The minimum Gasteiger partial charge on any atom is -0.490 e. The number of halogens is 4. The van der Waals surface area contributed by atoms with Crippen molar-refractivity contribution >= 4 is 50.9 Å². The number of aromatic nitrogens is 3. The first kappa shape index (κ1) is 29.1. The highest BCUT2D eigenvalue weighted by Gasteiger charge is 2.26. The molecule has 8 nitrogen and oxygen atoms in total. The van der Waals surface area contributed by atoms with E-state index in [1.165, 1.54) is 23.9 Å². The van der Waals surface area contributed by atoms with Gasteiger partial charge < -0.3 is 9.47 Å². The molecule has 4 aromatic rings. The SMILES string of the molecule is CCOc1cc([C@H](C[N+](=O)[O-])Sc2nnc(C)n2-c2ccc(F)cc2)cc(Br)c1OCc1ccc(Cl)c(Cl)c1. The Morgan fingerprint density at radius 3 is 2.51 bits per heavy atom. The molecule has 0 saturated heterocycles. The smallest absolute Gasteiger partial charge is 0.220 e. The second kappa shape index (κ2) is 13.0. The lowest BCUT2D eigenvalue weighted by atomic mass is 10.1. The van der Waals surface area contributed by atoms with E-state index >= 15 is 0 Å². The fraction of sp³-hybridized carbons (Fsp3) is 0.231. The highest BCUT2D eigenvalue weighted by atomic mass is 79.9. The van der Waals surface area contributed by atoms with Gasteiger partial charge in [0.25, 0.3) is 0 Å². The predicted molar refractivity (Wildman–Crippen MR) is 153 cm³/mol. The van der Waals surface area contributed by atoms with Gasteiger partial charge in [-0.25, -0.2) is 4.39 Å². The fourth-order valence-electron chi connectivity index (χ4n) is 3.74. The van der Waals surface area contributed by atoms with Crippen LogP contribution in [0.2, 0.25) is 10.0 Å². The lowest BCUT2D eigenvalue weighted by Gasteiger charge is -2.19. The second-order valence-corrected chi connectivity index (χ2v) is 11.1. The molecule has 4 rings (SSSR count). The molecule has 0 saturated carbocycles. The normalized spacial score (nSPS) is 11.8. The van der Waals surface area contributed by atoms with Gasteiger partial charge in [0.2, 0.25) is 6.54 Å². The van der Waals surface area contributed by atoms with Gasteiger partial charge in [-0.2, -0.15) is 0 Å². The van der Waals surface area contributed by atoms with Crippen LogP contribution in [0.15, 0.2) is 64.2 Å². The van der Waals surface area contributed by atoms with Gasteiger partial charge in [0.1, 0.15) is 23.5 Å². The van der Waals surface area contributed by atoms with Crippen LogP contribution in [-0.2, 0) is 6.61 Å². The van der Waals surface area contributed by atoms with E-state index in [2.05, 4.69) is 26.1 Å². The van der Waals surface area contributed by atoms with Crippen LogP contribution in [0.25, 0.3) is 5.69 Å². The molecule has 0 spiro atoms. The third-order valence-electron chi connectivity index (χ3n) is 5.51. The summed E-state index contributed by atoms with van der Waals surface area (Å²) in [6, 6.07) is 14.6. The molecule has 13 heteroatoms. The Morgan fingerprint density at radius 1 is 1.10 bits per heavy atom. The summed E-state index contributed by atoms with van der Waals surface area (Å²) < 4.78 is 27.7. The van der Waals surface area contributed by atoms with E-state index in [1.807, 2.05) is 6.92 Å². The standard InChI is InChI=1S/C26H22BrCl2FN4O4S/c1-3-37-23-12-17(11-20(27)25(23)38-14-16-4-9-21(28)22(29)10-16)24(13-33(35)36)39-26-32-31-15(2)34(26)19-7-5-18(30)6-8-19/h4-12,24H,3,13-14H2,1-2H3/t24-/m0/s1. The van der Waals surface area contributed by atoms with Crippen LogP contribution < -0.4 is 9.47 Å². The average Bonchev–Trinajstić information content (AvgIpc) is 3.25. The van der Waals surface area contributed by atoms with Crippen LogP contribution in [0, 0.1) is 22.9 Å². The van der Waals surface area contributed by atoms with Crippen LogP contribution in [0.1, 0.15) is 29.1 Å². The van der Waals surface area contributed by atoms with Crippen LogP contribution in [0.5, 0.6) is 11.5 Å². The number of nitrogens with zero attached hydrogens (tertiary/aromatic N) is 4. The molecule has 39 heavy (non-hydrogen) atoms. The van der Waals surface area contributed by atoms with Crippen LogP contribution >= 0.6 is 50.9 Å². The largest absolute Gasteiger partial charge is 0.490 e. The molecule has 0 amide bonds. The zero-order valence-corrected chi connectivity index (χ0v) is 24.7. The van der Waals surface area contributed by atoms with Crippen molar-refractivity contribution in [3.63, 3.8) is 0 Å². The van der Waals surface area contributed by atoms with E-state index < -0.39 is 5.25 Å². The van der Waals surface area contributed by atoms with Crippen LogP contribution in [0.3, 0.4) is 0 Å². The molecule has 0 fully saturated rings. The maximum Gasteiger partial charge on any atom is 0.220 e. The molecule has 204 valence electrons. The van der Waals surface area contributed by atoms with Crippen molar-refractivity contribution in [1.82, 2.24) is 14.8 Å². The predicted octanol–water partition coefficient (Wildman–Crippen LogP) is 7.87. The number of hydrogen-bond acceptors (Lipinski definition) is 7. The first-order chi connectivity index (χ1) is 18.7. The molecule has 0 radical (unpaired) electrons. The molecule has 0 N–H and O–H groups in total. The first-order valence-corrected chi connectivity index (χ1v) is 14.1. The molecule has 0 aliphatic heterocycles. The molecule has 1 aromatic heterocycles. The summed E-state index contributed by atoms with van der Waals surface area (Å²) in [6.07, 6.45) is 0. The lowest BCUT2D eigenvalue weighted by Crippen LogP contribution is -2.12. The number of nitro groups is 1. The third kappa shape index (κ3) is 7.21. The van der Waals surface area contributed by atoms with E-state index in [-0.39, 0.29) is 23.9 Å². The van der Waals surface area contributed by atoms with E-state index in [4.69, 9.17) is 32.7 Å². The Morgan fingerprint density at radius 2 is 1.85 bits per heavy atom. The summed E-state index contributed by atoms with van der Waals surface area (Å²) in [4.78, 5) is 11.3. The lowest BCUT2D eigenvalue weighted by molar-refractivity contribution is -0.479. The highest BCUT2D eigenvalue weighted by Crippen LogP contribution is 2.43. The zero-order chi connectivity index (χ0) is 28.1. The van der Waals surface area contributed by atoms with Gasteiger partial charge in [-0.15, -0.1) is 10.2 Å².